The topological polar surface area (TPSA) is 47.6 Å². The summed E-state index contributed by atoms with van der Waals surface area (Å²) in [6.07, 6.45) is 5.63. The lowest BCUT2D eigenvalue weighted by molar-refractivity contribution is -0.126. The quantitative estimate of drug-likeness (QED) is 0.903. The molecule has 2 rings (SSSR count). The van der Waals surface area contributed by atoms with Gasteiger partial charge in [0, 0.05) is 5.92 Å². The summed E-state index contributed by atoms with van der Waals surface area (Å²) in [6.45, 7) is 2.00. The van der Waals surface area contributed by atoms with E-state index in [4.69, 9.17) is 9.47 Å². The molecule has 1 fully saturated rings. The molecule has 1 amide bonds. The number of amides is 1. The molecule has 0 saturated heterocycles. The van der Waals surface area contributed by atoms with Gasteiger partial charge in [-0.05, 0) is 37.5 Å². The third-order valence-electron chi connectivity index (χ3n) is 4.24. The van der Waals surface area contributed by atoms with Crippen LogP contribution in [0.2, 0.25) is 0 Å². The van der Waals surface area contributed by atoms with Gasteiger partial charge < -0.3 is 14.8 Å². The average molecular weight is 291 g/mol. The van der Waals surface area contributed by atoms with Crippen molar-refractivity contribution < 1.29 is 14.3 Å². The maximum Gasteiger partial charge on any atom is 0.223 e. The van der Waals surface area contributed by atoms with Gasteiger partial charge in [0.05, 0.1) is 20.3 Å². The summed E-state index contributed by atoms with van der Waals surface area (Å²) >= 11 is 0. The van der Waals surface area contributed by atoms with Crippen LogP contribution < -0.4 is 14.8 Å². The second-order valence-electron chi connectivity index (χ2n) is 5.68. The van der Waals surface area contributed by atoms with E-state index in [1.165, 1.54) is 19.3 Å². The Hall–Kier alpha value is -1.71. The molecule has 116 valence electrons. The Balaban J connectivity index is 2.02. The van der Waals surface area contributed by atoms with Gasteiger partial charge in [0.15, 0.2) is 11.5 Å². The molecule has 1 aliphatic rings. The van der Waals surface area contributed by atoms with Gasteiger partial charge in [-0.25, -0.2) is 0 Å². The SMILES string of the molecule is COc1ccc([C@@H](C)NC(=O)C2CCCCC2)cc1OC. The summed E-state index contributed by atoms with van der Waals surface area (Å²) in [5, 5.41) is 3.12. The molecule has 1 N–H and O–H groups in total. The number of nitrogens with one attached hydrogen (secondary N) is 1. The molecule has 0 unspecified atom stereocenters. The maximum absolute atomic E-state index is 12.3. The van der Waals surface area contributed by atoms with Gasteiger partial charge in [-0.2, -0.15) is 0 Å². The monoisotopic (exact) mass is 291 g/mol. The number of hydrogen-bond donors (Lipinski definition) is 1. The third kappa shape index (κ3) is 3.90. The lowest BCUT2D eigenvalue weighted by Gasteiger charge is -2.23. The number of carbonyl (C=O) groups is 1. The van der Waals surface area contributed by atoms with Crippen LogP contribution in [-0.4, -0.2) is 20.1 Å². The molecule has 4 nitrogen and oxygen atoms in total. The Morgan fingerprint density at radius 1 is 1.14 bits per heavy atom. The number of methoxy groups -OCH3 is 2. The third-order valence-corrected chi connectivity index (χ3v) is 4.24. The first-order valence-corrected chi connectivity index (χ1v) is 7.68. The zero-order chi connectivity index (χ0) is 15.2. The van der Waals surface area contributed by atoms with Crippen LogP contribution in [0.25, 0.3) is 0 Å². The van der Waals surface area contributed by atoms with E-state index in [0.717, 1.165) is 18.4 Å². The van der Waals surface area contributed by atoms with Crippen LogP contribution in [0.1, 0.15) is 50.6 Å². The summed E-state index contributed by atoms with van der Waals surface area (Å²) in [6, 6.07) is 5.73. The minimum atomic E-state index is -0.0285. The van der Waals surface area contributed by atoms with Crippen molar-refractivity contribution >= 4 is 5.91 Å². The van der Waals surface area contributed by atoms with Crippen molar-refractivity contribution in [1.29, 1.82) is 0 Å². The van der Waals surface area contributed by atoms with E-state index in [1.807, 2.05) is 25.1 Å². The Kier molecular flexibility index (Phi) is 5.48. The summed E-state index contributed by atoms with van der Waals surface area (Å²) in [5.41, 5.74) is 1.02. The van der Waals surface area contributed by atoms with Crippen LogP contribution in [0.4, 0.5) is 0 Å². The lowest BCUT2D eigenvalue weighted by Crippen LogP contribution is -2.33. The molecule has 0 bridgehead atoms. The smallest absolute Gasteiger partial charge is 0.223 e. The predicted molar refractivity (Wildman–Crippen MR) is 82.7 cm³/mol. The Morgan fingerprint density at radius 2 is 1.81 bits per heavy atom. The van der Waals surface area contributed by atoms with Gasteiger partial charge in [-0.15, -0.1) is 0 Å². The molecule has 0 aromatic heterocycles. The minimum absolute atomic E-state index is 0.0285. The molecule has 0 heterocycles. The van der Waals surface area contributed by atoms with Crippen molar-refractivity contribution in [3.05, 3.63) is 23.8 Å². The highest BCUT2D eigenvalue weighted by Crippen LogP contribution is 2.30. The van der Waals surface area contributed by atoms with Crippen molar-refractivity contribution in [3.63, 3.8) is 0 Å². The molecule has 1 aromatic rings. The lowest BCUT2D eigenvalue weighted by atomic mass is 9.88. The Bertz CT molecular complexity index is 481. The van der Waals surface area contributed by atoms with Crippen LogP contribution >= 0.6 is 0 Å². The zero-order valence-corrected chi connectivity index (χ0v) is 13.1. The van der Waals surface area contributed by atoms with Crippen LogP contribution in [0.3, 0.4) is 0 Å². The molecule has 4 heteroatoms. The van der Waals surface area contributed by atoms with Crippen LogP contribution in [0.5, 0.6) is 11.5 Å². The Labute approximate surface area is 126 Å². The summed E-state index contributed by atoms with van der Waals surface area (Å²) < 4.78 is 10.5. The summed E-state index contributed by atoms with van der Waals surface area (Å²) in [5.74, 6) is 1.75. The van der Waals surface area contributed by atoms with Crippen LogP contribution in [0, 0.1) is 5.92 Å². The van der Waals surface area contributed by atoms with Gasteiger partial charge >= 0.3 is 0 Å². The molecule has 1 aromatic carbocycles. The Morgan fingerprint density at radius 3 is 2.43 bits per heavy atom. The molecular weight excluding hydrogens is 266 g/mol. The van der Waals surface area contributed by atoms with Gasteiger partial charge in [-0.1, -0.05) is 25.3 Å². The first-order chi connectivity index (χ1) is 10.2. The van der Waals surface area contributed by atoms with E-state index in [-0.39, 0.29) is 17.9 Å². The number of rotatable bonds is 5. The maximum atomic E-state index is 12.3. The molecule has 0 spiro atoms. The number of carbonyl (C=O) groups excluding carboxylic acids is 1. The largest absolute Gasteiger partial charge is 0.493 e. The number of hydrogen-bond acceptors (Lipinski definition) is 3. The van der Waals surface area contributed by atoms with E-state index in [0.29, 0.717) is 11.5 Å². The molecule has 0 aliphatic heterocycles. The molecule has 21 heavy (non-hydrogen) atoms. The highest BCUT2D eigenvalue weighted by Gasteiger charge is 2.22. The number of benzene rings is 1. The highest BCUT2D eigenvalue weighted by atomic mass is 16.5. The number of ether oxygens (including phenoxy) is 2. The van der Waals surface area contributed by atoms with E-state index >= 15 is 0 Å². The molecule has 1 aliphatic carbocycles. The van der Waals surface area contributed by atoms with Crippen molar-refractivity contribution in [1.82, 2.24) is 5.32 Å². The highest BCUT2D eigenvalue weighted by molar-refractivity contribution is 5.79. The van der Waals surface area contributed by atoms with E-state index < -0.39 is 0 Å². The van der Waals surface area contributed by atoms with E-state index in [2.05, 4.69) is 5.32 Å². The van der Waals surface area contributed by atoms with Gasteiger partial charge in [0.2, 0.25) is 5.91 Å². The standard InChI is InChI=1S/C17H25NO3/c1-12(18-17(19)13-7-5-4-6-8-13)14-9-10-15(20-2)16(11-14)21-3/h9-13H,4-8H2,1-3H3,(H,18,19)/t12-/m1/s1. The second kappa shape index (κ2) is 7.34. The van der Waals surface area contributed by atoms with E-state index in [9.17, 15) is 4.79 Å². The fourth-order valence-electron chi connectivity index (χ4n) is 2.90. The van der Waals surface area contributed by atoms with E-state index in [1.54, 1.807) is 14.2 Å². The zero-order valence-electron chi connectivity index (χ0n) is 13.1. The fourth-order valence-corrected chi connectivity index (χ4v) is 2.90. The second-order valence-corrected chi connectivity index (χ2v) is 5.68. The fraction of sp³-hybridized carbons (Fsp3) is 0.588. The minimum Gasteiger partial charge on any atom is -0.493 e. The normalized spacial score (nSPS) is 17.1. The van der Waals surface area contributed by atoms with Gasteiger partial charge in [0.1, 0.15) is 0 Å². The molecule has 1 atom stereocenters. The summed E-state index contributed by atoms with van der Waals surface area (Å²) in [4.78, 5) is 12.3. The van der Waals surface area contributed by atoms with Crippen LogP contribution in [-0.2, 0) is 4.79 Å². The van der Waals surface area contributed by atoms with Crippen molar-refractivity contribution in [2.75, 3.05) is 14.2 Å². The first kappa shape index (κ1) is 15.7. The van der Waals surface area contributed by atoms with Crippen molar-refractivity contribution in [2.45, 2.75) is 45.1 Å². The molecule has 1 saturated carbocycles. The van der Waals surface area contributed by atoms with Crippen molar-refractivity contribution in [2.24, 2.45) is 5.92 Å². The van der Waals surface area contributed by atoms with Gasteiger partial charge in [-0.3, -0.25) is 4.79 Å². The predicted octanol–water partition coefficient (Wildman–Crippen LogP) is 3.46. The molecule has 0 radical (unpaired) electrons. The van der Waals surface area contributed by atoms with Gasteiger partial charge in [0.25, 0.3) is 0 Å². The van der Waals surface area contributed by atoms with Crippen LogP contribution in [0.15, 0.2) is 18.2 Å². The first-order valence-electron chi connectivity index (χ1n) is 7.68. The summed E-state index contributed by atoms with van der Waals surface area (Å²) in [7, 11) is 3.23. The average Bonchev–Trinajstić information content (AvgIpc) is 2.54. The van der Waals surface area contributed by atoms with Crippen molar-refractivity contribution in [3.8, 4) is 11.5 Å². The molecular formula is C17H25NO3.